The Labute approximate surface area is 196 Å². The molecule has 0 bridgehead atoms. The topological polar surface area (TPSA) is 77.5 Å². The van der Waals surface area contributed by atoms with Crippen LogP contribution < -0.4 is 10.1 Å². The molecule has 0 atom stereocenters. The van der Waals surface area contributed by atoms with Crippen molar-refractivity contribution in [2.75, 3.05) is 7.11 Å². The maximum Gasteiger partial charge on any atom is 0.337 e. The number of amides is 1. The lowest BCUT2D eigenvalue weighted by molar-refractivity contribution is 0.0600. The van der Waals surface area contributed by atoms with Gasteiger partial charge in [-0.15, -0.1) is 0 Å². The van der Waals surface area contributed by atoms with Crippen LogP contribution in [0.3, 0.4) is 0 Å². The maximum absolute atomic E-state index is 12.8. The SMILES string of the molecule is COC(=O)c1ccc(CNC(=O)c2cc(OCc3ccc(Cl)cc3)c3ccccc3n2)cc1. The molecule has 0 saturated carbocycles. The first-order chi connectivity index (χ1) is 16.0. The van der Waals surface area contributed by atoms with Crippen LogP contribution in [0.5, 0.6) is 5.75 Å². The molecule has 6 nitrogen and oxygen atoms in total. The quantitative estimate of drug-likeness (QED) is 0.384. The number of para-hydroxylation sites is 1. The number of halogens is 1. The molecule has 0 aliphatic carbocycles. The van der Waals surface area contributed by atoms with Crippen LogP contribution in [0.25, 0.3) is 10.9 Å². The molecule has 33 heavy (non-hydrogen) atoms. The minimum absolute atomic E-state index is 0.256. The van der Waals surface area contributed by atoms with Crippen molar-refractivity contribution in [3.63, 3.8) is 0 Å². The first-order valence-electron chi connectivity index (χ1n) is 10.3. The van der Waals surface area contributed by atoms with Crippen molar-refractivity contribution in [1.29, 1.82) is 0 Å². The van der Waals surface area contributed by atoms with Gasteiger partial charge in [0.2, 0.25) is 0 Å². The van der Waals surface area contributed by atoms with Gasteiger partial charge in [0.15, 0.2) is 0 Å². The van der Waals surface area contributed by atoms with Crippen molar-refractivity contribution in [2.24, 2.45) is 0 Å². The van der Waals surface area contributed by atoms with Crippen LogP contribution in [-0.2, 0) is 17.9 Å². The highest BCUT2D eigenvalue weighted by Gasteiger charge is 2.13. The fourth-order valence-corrected chi connectivity index (χ4v) is 3.40. The van der Waals surface area contributed by atoms with E-state index in [1.165, 1.54) is 7.11 Å². The second kappa shape index (κ2) is 10.1. The van der Waals surface area contributed by atoms with Crippen LogP contribution in [0, 0.1) is 0 Å². The predicted molar refractivity (Wildman–Crippen MR) is 126 cm³/mol. The normalized spacial score (nSPS) is 10.6. The standard InChI is InChI=1S/C26H21ClN2O4/c1-32-26(31)19-10-6-17(7-11-19)15-28-25(30)23-14-24(21-4-2-3-5-22(21)29-23)33-16-18-8-12-20(27)13-9-18/h2-14H,15-16H2,1H3,(H,28,30). The summed E-state index contributed by atoms with van der Waals surface area (Å²) >= 11 is 5.95. The summed E-state index contributed by atoms with van der Waals surface area (Å²) in [5.41, 5.74) is 3.17. The molecule has 0 aliphatic heterocycles. The molecule has 4 aromatic rings. The third-order valence-corrected chi connectivity index (χ3v) is 5.30. The molecule has 0 fully saturated rings. The second-order valence-electron chi connectivity index (χ2n) is 7.31. The van der Waals surface area contributed by atoms with E-state index < -0.39 is 5.97 Å². The Bertz CT molecular complexity index is 1290. The van der Waals surface area contributed by atoms with Gasteiger partial charge in [0.25, 0.3) is 5.91 Å². The molecule has 0 spiro atoms. The highest BCUT2D eigenvalue weighted by atomic mass is 35.5. The van der Waals surface area contributed by atoms with Gasteiger partial charge >= 0.3 is 5.97 Å². The molecule has 3 aromatic carbocycles. The van der Waals surface area contributed by atoms with Gasteiger partial charge in [-0.3, -0.25) is 4.79 Å². The summed E-state index contributed by atoms with van der Waals surface area (Å²) in [6.45, 7) is 0.620. The van der Waals surface area contributed by atoms with Crippen LogP contribution in [0.2, 0.25) is 5.02 Å². The van der Waals surface area contributed by atoms with Crippen LogP contribution in [0.4, 0.5) is 0 Å². The van der Waals surface area contributed by atoms with Crippen molar-refractivity contribution >= 4 is 34.4 Å². The van der Waals surface area contributed by atoms with Gasteiger partial charge in [-0.05, 0) is 47.5 Å². The Morgan fingerprint density at radius 1 is 0.939 bits per heavy atom. The fourth-order valence-electron chi connectivity index (χ4n) is 3.27. The van der Waals surface area contributed by atoms with Crippen molar-refractivity contribution in [3.05, 3.63) is 106 Å². The van der Waals surface area contributed by atoms with E-state index >= 15 is 0 Å². The third-order valence-electron chi connectivity index (χ3n) is 5.05. The summed E-state index contributed by atoms with van der Waals surface area (Å²) in [7, 11) is 1.33. The number of benzene rings is 3. The molecule has 0 radical (unpaired) electrons. The lowest BCUT2D eigenvalue weighted by Crippen LogP contribution is -2.24. The summed E-state index contributed by atoms with van der Waals surface area (Å²) in [5.74, 6) is -0.158. The number of methoxy groups -OCH3 is 1. The zero-order valence-corrected chi connectivity index (χ0v) is 18.6. The first kappa shape index (κ1) is 22.3. The molecule has 7 heteroatoms. The number of rotatable bonds is 7. The van der Waals surface area contributed by atoms with Gasteiger partial charge in [0.05, 0.1) is 18.2 Å². The number of aromatic nitrogens is 1. The number of nitrogens with zero attached hydrogens (tertiary/aromatic N) is 1. The lowest BCUT2D eigenvalue weighted by atomic mass is 10.1. The third kappa shape index (κ3) is 5.48. The maximum atomic E-state index is 12.8. The summed E-state index contributed by atoms with van der Waals surface area (Å²) in [4.78, 5) is 28.9. The Morgan fingerprint density at radius 2 is 1.64 bits per heavy atom. The minimum atomic E-state index is -0.405. The number of carbonyl (C=O) groups is 2. The summed E-state index contributed by atoms with van der Waals surface area (Å²) in [6.07, 6.45) is 0. The minimum Gasteiger partial charge on any atom is -0.488 e. The summed E-state index contributed by atoms with van der Waals surface area (Å²) in [5, 5.41) is 4.34. The van der Waals surface area contributed by atoms with Crippen LogP contribution in [0.1, 0.15) is 32.0 Å². The smallest absolute Gasteiger partial charge is 0.337 e. The predicted octanol–water partition coefficient (Wildman–Crippen LogP) is 5.18. The van der Waals surface area contributed by atoms with Crippen LogP contribution in [0.15, 0.2) is 78.9 Å². The molecule has 0 unspecified atom stereocenters. The number of nitrogens with one attached hydrogen (secondary N) is 1. The van der Waals surface area contributed by atoms with Crippen LogP contribution in [-0.4, -0.2) is 24.0 Å². The Hall–Kier alpha value is -3.90. The molecule has 0 aliphatic rings. The van der Waals surface area contributed by atoms with Gasteiger partial charge in [0.1, 0.15) is 18.1 Å². The average molecular weight is 461 g/mol. The number of pyridine rings is 1. The van der Waals surface area contributed by atoms with E-state index in [0.717, 1.165) is 16.5 Å². The van der Waals surface area contributed by atoms with Gasteiger partial charge in [-0.25, -0.2) is 9.78 Å². The van der Waals surface area contributed by atoms with Crippen molar-refractivity contribution in [1.82, 2.24) is 10.3 Å². The van der Waals surface area contributed by atoms with Gasteiger partial charge in [-0.1, -0.05) is 48.0 Å². The molecular weight excluding hydrogens is 440 g/mol. The Morgan fingerprint density at radius 3 is 2.36 bits per heavy atom. The summed E-state index contributed by atoms with van der Waals surface area (Å²) in [6, 6.07) is 23.4. The molecule has 0 saturated heterocycles. The van der Waals surface area contributed by atoms with Gasteiger partial charge in [0, 0.05) is 23.0 Å². The number of ether oxygens (including phenoxy) is 2. The van der Waals surface area contributed by atoms with E-state index in [0.29, 0.717) is 28.5 Å². The fraction of sp³-hybridized carbons (Fsp3) is 0.115. The lowest BCUT2D eigenvalue weighted by Gasteiger charge is -2.12. The average Bonchev–Trinajstić information content (AvgIpc) is 2.86. The number of hydrogen-bond donors (Lipinski definition) is 1. The van der Waals surface area contributed by atoms with E-state index in [2.05, 4.69) is 10.3 Å². The highest BCUT2D eigenvalue weighted by Crippen LogP contribution is 2.26. The second-order valence-corrected chi connectivity index (χ2v) is 7.75. The van der Waals surface area contributed by atoms with Crippen molar-refractivity contribution in [2.45, 2.75) is 13.2 Å². The van der Waals surface area contributed by atoms with E-state index in [9.17, 15) is 9.59 Å². The number of esters is 1. The molecule has 1 heterocycles. The highest BCUT2D eigenvalue weighted by molar-refractivity contribution is 6.30. The molecular formula is C26H21ClN2O4. The monoisotopic (exact) mass is 460 g/mol. The number of hydrogen-bond acceptors (Lipinski definition) is 5. The van der Waals surface area contributed by atoms with E-state index in [-0.39, 0.29) is 18.1 Å². The van der Waals surface area contributed by atoms with Crippen molar-refractivity contribution in [3.8, 4) is 5.75 Å². The van der Waals surface area contributed by atoms with E-state index in [1.54, 1.807) is 30.3 Å². The molecule has 1 amide bonds. The number of fused-ring (bicyclic) bond motifs is 1. The van der Waals surface area contributed by atoms with Gasteiger partial charge < -0.3 is 14.8 Å². The van der Waals surface area contributed by atoms with Crippen molar-refractivity contribution < 1.29 is 19.1 Å². The van der Waals surface area contributed by atoms with E-state index in [4.69, 9.17) is 21.1 Å². The zero-order chi connectivity index (χ0) is 23.2. The number of carbonyl (C=O) groups excluding carboxylic acids is 2. The Balaban J connectivity index is 1.50. The summed E-state index contributed by atoms with van der Waals surface area (Å²) < 4.78 is 10.7. The molecule has 4 rings (SSSR count). The molecule has 1 aromatic heterocycles. The Kier molecular flexibility index (Phi) is 6.86. The molecule has 1 N–H and O–H groups in total. The van der Waals surface area contributed by atoms with Crippen LogP contribution >= 0.6 is 11.6 Å². The zero-order valence-electron chi connectivity index (χ0n) is 17.9. The van der Waals surface area contributed by atoms with E-state index in [1.807, 2.05) is 48.5 Å². The van der Waals surface area contributed by atoms with Gasteiger partial charge in [-0.2, -0.15) is 0 Å². The first-order valence-corrected chi connectivity index (χ1v) is 10.6. The largest absolute Gasteiger partial charge is 0.488 e. The molecule has 166 valence electrons.